The number of nitrogens with one attached hydrogen (secondary N) is 1. The Morgan fingerprint density at radius 3 is 2.77 bits per heavy atom. The predicted molar refractivity (Wildman–Crippen MR) is 127 cm³/mol. The molecule has 1 aliphatic carbocycles. The maximum atomic E-state index is 16.0. The Bertz CT molecular complexity index is 1350. The molecule has 3 aromatic rings. The topological polar surface area (TPSA) is 118 Å². The zero-order valence-corrected chi connectivity index (χ0v) is 19.7. The van der Waals surface area contributed by atoms with Gasteiger partial charge in [0.15, 0.2) is 0 Å². The van der Waals surface area contributed by atoms with Crippen molar-refractivity contribution in [2.45, 2.75) is 81.7 Å². The van der Waals surface area contributed by atoms with E-state index in [1.165, 1.54) is 12.3 Å². The Kier molecular flexibility index (Phi) is 4.30. The smallest absolute Gasteiger partial charge is 0.245 e. The minimum Gasteiger partial charge on any atom is -0.507 e. The predicted octanol–water partition coefficient (Wildman–Crippen LogP) is 2.80. The van der Waals surface area contributed by atoms with Crippen LogP contribution in [-0.2, 0) is 6.98 Å². The van der Waals surface area contributed by atoms with Crippen LogP contribution in [0.3, 0.4) is 0 Å². The zero-order chi connectivity index (χ0) is 26.9. The number of hydrogen-bond donors (Lipinski definition) is 2. The van der Waals surface area contributed by atoms with Crippen LogP contribution in [0.15, 0.2) is 24.4 Å². The van der Waals surface area contributed by atoms with Crippen LogP contribution in [0.1, 0.15) is 56.5 Å². The van der Waals surface area contributed by atoms with Gasteiger partial charge in [-0.3, -0.25) is 0 Å². The van der Waals surface area contributed by atoms with E-state index in [4.69, 9.17) is 4.11 Å². The molecular formula is C24H30FN9O. The van der Waals surface area contributed by atoms with Crippen molar-refractivity contribution in [1.82, 2.24) is 40.7 Å². The standard InChI is InChI=1S/C24H30FN9O/c1-23-9-4-10-24(2,31-23)20(25)18(12-23)34(15-6-7-15)22-26-13-17(27-29-22)16-8-5-14(11-19(16)35)21-28-32-33(3)30-21/h5,8,11,13,15,18,20,31,35H,4,6-7,9-10,12H2,1-3H3/t18-,20-,23-,24+/m1/s1/i3D3. The Morgan fingerprint density at radius 1 is 1.23 bits per heavy atom. The third kappa shape index (κ3) is 3.91. The number of tetrazole rings is 1. The van der Waals surface area contributed by atoms with Gasteiger partial charge < -0.3 is 15.3 Å². The Morgan fingerprint density at radius 2 is 2.09 bits per heavy atom. The third-order valence-corrected chi connectivity index (χ3v) is 7.64. The molecule has 6 rings (SSSR count). The second-order valence-corrected chi connectivity index (χ2v) is 10.5. The maximum Gasteiger partial charge on any atom is 0.245 e. The lowest BCUT2D eigenvalue weighted by Crippen LogP contribution is -2.73. The molecule has 2 saturated heterocycles. The van der Waals surface area contributed by atoms with E-state index in [1.54, 1.807) is 12.1 Å². The molecule has 10 nitrogen and oxygen atoms in total. The first-order valence-corrected chi connectivity index (χ1v) is 12.0. The van der Waals surface area contributed by atoms with E-state index in [1.807, 2.05) is 11.8 Å². The molecule has 2 N–H and O–H groups in total. The van der Waals surface area contributed by atoms with Gasteiger partial charge in [-0.25, -0.2) is 9.37 Å². The molecule has 1 saturated carbocycles. The summed E-state index contributed by atoms with van der Waals surface area (Å²) >= 11 is 0. The maximum absolute atomic E-state index is 16.0. The van der Waals surface area contributed by atoms with Crippen LogP contribution < -0.4 is 10.2 Å². The second kappa shape index (κ2) is 7.91. The number of aromatic nitrogens is 7. The van der Waals surface area contributed by atoms with E-state index >= 15 is 4.39 Å². The van der Waals surface area contributed by atoms with Gasteiger partial charge >= 0.3 is 0 Å². The highest BCUT2D eigenvalue weighted by atomic mass is 19.1. The zero-order valence-electron chi connectivity index (χ0n) is 22.7. The molecule has 11 heteroatoms. The quantitative estimate of drug-likeness (QED) is 0.566. The summed E-state index contributed by atoms with van der Waals surface area (Å²) < 4.78 is 38.1. The van der Waals surface area contributed by atoms with Gasteiger partial charge in [-0.1, -0.05) is 6.07 Å². The first-order valence-electron chi connectivity index (χ1n) is 13.5. The van der Waals surface area contributed by atoms with Gasteiger partial charge in [0, 0.05) is 32.4 Å². The van der Waals surface area contributed by atoms with Gasteiger partial charge in [0.1, 0.15) is 17.6 Å². The number of halogens is 1. The molecule has 2 aromatic heterocycles. The van der Waals surface area contributed by atoms with Crippen LogP contribution in [-0.4, -0.2) is 69.8 Å². The number of rotatable bonds is 5. The van der Waals surface area contributed by atoms with E-state index in [9.17, 15) is 5.11 Å². The molecule has 0 radical (unpaired) electrons. The number of aromatic hydroxyl groups is 1. The van der Waals surface area contributed by atoms with Crippen molar-refractivity contribution < 1.29 is 13.6 Å². The van der Waals surface area contributed by atoms with E-state index in [0.29, 0.717) is 34.0 Å². The number of nitrogens with zero attached hydrogens (tertiary/aromatic N) is 8. The monoisotopic (exact) mass is 482 g/mol. The third-order valence-electron chi connectivity index (χ3n) is 7.64. The van der Waals surface area contributed by atoms with Gasteiger partial charge in [-0.15, -0.1) is 20.4 Å². The summed E-state index contributed by atoms with van der Waals surface area (Å²) in [5.74, 6) is 0.349. The molecule has 2 aliphatic heterocycles. The molecule has 0 amide bonds. The fourth-order valence-electron chi connectivity index (χ4n) is 5.91. The van der Waals surface area contributed by atoms with Crippen molar-refractivity contribution in [3.05, 3.63) is 24.4 Å². The summed E-state index contributed by atoms with van der Waals surface area (Å²) in [7, 11) is 0. The fraction of sp³-hybridized carbons (Fsp3) is 0.583. The normalized spacial score (nSPS) is 31.9. The number of anilines is 1. The number of phenols is 1. The highest BCUT2D eigenvalue weighted by Crippen LogP contribution is 2.46. The Balaban J connectivity index is 1.26. The van der Waals surface area contributed by atoms with Crippen molar-refractivity contribution >= 4 is 5.95 Å². The van der Waals surface area contributed by atoms with Crippen LogP contribution in [0.5, 0.6) is 5.75 Å². The molecule has 1 aromatic carbocycles. The molecule has 35 heavy (non-hydrogen) atoms. The van der Waals surface area contributed by atoms with Crippen molar-refractivity contribution in [1.29, 1.82) is 0 Å². The summed E-state index contributed by atoms with van der Waals surface area (Å²) in [4.78, 5) is 7.15. The first kappa shape index (κ1) is 19.0. The number of phenolic OH excluding ortho intramolecular Hbond substituents is 1. The largest absolute Gasteiger partial charge is 0.507 e. The van der Waals surface area contributed by atoms with Crippen molar-refractivity contribution in [3.63, 3.8) is 0 Å². The number of hydrogen-bond acceptors (Lipinski definition) is 9. The highest BCUT2D eigenvalue weighted by molar-refractivity contribution is 5.71. The van der Waals surface area contributed by atoms with Crippen molar-refractivity contribution in [3.8, 4) is 28.4 Å². The van der Waals surface area contributed by atoms with Gasteiger partial charge in [-0.2, -0.15) is 4.80 Å². The van der Waals surface area contributed by atoms with Crippen molar-refractivity contribution in [2.24, 2.45) is 6.98 Å². The van der Waals surface area contributed by atoms with Gasteiger partial charge in [0.2, 0.25) is 11.8 Å². The molecule has 0 spiro atoms. The molecule has 4 heterocycles. The molecule has 4 atom stereocenters. The first-order chi connectivity index (χ1) is 18.0. The molecule has 3 aliphatic rings. The summed E-state index contributed by atoms with van der Waals surface area (Å²) in [6.07, 6.45) is 5.92. The molecule has 0 unspecified atom stereocenters. The minimum atomic E-state index is -2.55. The number of piperidine rings is 2. The van der Waals surface area contributed by atoms with E-state index in [0.717, 1.165) is 32.1 Å². The van der Waals surface area contributed by atoms with E-state index in [-0.39, 0.29) is 29.2 Å². The van der Waals surface area contributed by atoms with Gasteiger partial charge in [-0.05, 0) is 69.7 Å². The molecule has 184 valence electrons. The highest BCUT2D eigenvalue weighted by Gasteiger charge is 2.56. The van der Waals surface area contributed by atoms with Crippen LogP contribution >= 0.6 is 0 Å². The summed E-state index contributed by atoms with van der Waals surface area (Å²) in [5.41, 5.74) is 0.435. The van der Waals surface area contributed by atoms with Crippen LogP contribution in [0.25, 0.3) is 22.6 Å². The number of alkyl halides is 1. The minimum absolute atomic E-state index is 0.0671. The van der Waals surface area contributed by atoms with E-state index in [2.05, 4.69) is 42.8 Å². The van der Waals surface area contributed by atoms with Gasteiger partial charge in [0.05, 0.1) is 19.2 Å². The lowest BCUT2D eigenvalue weighted by atomic mass is 9.68. The van der Waals surface area contributed by atoms with Crippen LogP contribution in [0.4, 0.5) is 10.3 Å². The van der Waals surface area contributed by atoms with Crippen LogP contribution in [0, 0.1) is 0 Å². The van der Waals surface area contributed by atoms with Gasteiger partial charge in [0.25, 0.3) is 0 Å². The SMILES string of the molecule is [2H]C([2H])([2H])n1nnc(-c2ccc(-c3cnc(N(C4CC4)[C@@H]4C[C@@]5(C)CCC[C@](C)(N5)[C@@H]4F)nn3)c(O)c2)n1. The Labute approximate surface area is 207 Å². The molecule has 2 bridgehead atoms. The number of benzene rings is 1. The summed E-state index contributed by atoms with van der Waals surface area (Å²) in [6, 6.07) is 4.50. The lowest BCUT2D eigenvalue weighted by molar-refractivity contribution is 0.0000875. The number of fused-ring (bicyclic) bond motifs is 2. The Hall–Kier alpha value is -3.21. The van der Waals surface area contributed by atoms with Crippen molar-refractivity contribution in [2.75, 3.05) is 4.90 Å². The second-order valence-electron chi connectivity index (χ2n) is 10.5. The van der Waals surface area contributed by atoms with Crippen LogP contribution in [0.2, 0.25) is 0 Å². The molecular weight excluding hydrogens is 449 g/mol. The van der Waals surface area contributed by atoms with E-state index < -0.39 is 18.7 Å². The molecule has 3 fully saturated rings. The fourth-order valence-corrected chi connectivity index (χ4v) is 5.91. The average Bonchev–Trinajstić information content (AvgIpc) is 3.55. The number of aryl methyl sites for hydroxylation is 1. The summed E-state index contributed by atoms with van der Waals surface area (Å²) in [6.45, 7) is 1.62. The average molecular weight is 483 g/mol. The lowest BCUT2D eigenvalue weighted by Gasteiger charge is -2.57. The summed E-state index contributed by atoms with van der Waals surface area (Å²) in [5, 5.41) is 34.2.